The van der Waals surface area contributed by atoms with Crippen molar-refractivity contribution in [3.63, 3.8) is 0 Å². The number of hydrogen-bond donors (Lipinski definition) is 1. The van der Waals surface area contributed by atoms with Crippen molar-refractivity contribution in [2.24, 2.45) is 5.92 Å². The zero-order valence-corrected chi connectivity index (χ0v) is 14.1. The minimum absolute atomic E-state index is 0.0866. The molecule has 1 atom stereocenters. The Bertz CT molecular complexity index is 802. The highest BCUT2D eigenvalue weighted by molar-refractivity contribution is 7.17. The Morgan fingerprint density at radius 1 is 1.39 bits per heavy atom. The fourth-order valence-corrected chi connectivity index (χ4v) is 4.73. The second-order valence-corrected chi connectivity index (χ2v) is 7.41. The number of fused-ring (bicyclic) bond motifs is 4. The minimum atomic E-state index is -0.231. The molecule has 0 saturated carbocycles. The predicted molar refractivity (Wildman–Crippen MR) is 91.9 cm³/mol. The highest BCUT2D eigenvalue weighted by atomic mass is 32.1. The molecule has 3 aliphatic rings. The Morgan fingerprint density at radius 3 is 2.83 bits per heavy atom. The van der Waals surface area contributed by atoms with Crippen LogP contribution in [0, 0.1) is 5.92 Å². The number of carbonyl (C=O) groups is 1. The molecule has 1 N–H and O–H groups in total. The number of rotatable bonds is 3. The van der Waals surface area contributed by atoms with Gasteiger partial charge in [-0.3, -0.25) is 14.5 Å². The van der Waals surface area contributed by atoms with Gasteiger partial charge in [0.05, 0.1) is 16.4 Å². The van der Waals surface area contributed by atoms with E-state index in [4.69, 9.17) is 0 Å². The van der Waals surface area contributed by atoms with E-state index in [2.05, 4.69) is 10.2 Å². The lowest BCUT2D eigenvalue weighted by Gasteiger charge is -2.45. The lowest BCUT2D eigenvalue weighted by atomic mass is 9.86. The Labute approximate surface area is 138 Å². The van der Waals surface area contributed by atoms with Gasteiger partial charge in [-0.2, -0.15) is 0 Å². The summed E-state index contributed by atoms with van der Waals surface area (Å²) < 4.78 is 2.65. The number of nitrogens with zero attached hydrogens (tertiary/aromatic N) is 2. The molecule has 3 saturated heterocycles. The van der Waals surface area contributed by atoms with Crippen molar-refractivity contribution in [2.45, 2.75) is 38.9 Å². The topological polar surface area (TPSA) is 54.3 Å². The first-order chi connectivity index (χ1) is 11.2. The normalized spacial score (nSPS) is 26.6. The number of pyridine rings is 1. The summed E-state index contributed by atoms with van der Waals surface area (Å²) in [5.41, 5.74) is 1.04. The molecule has 0 aliphatic carbocycles. The SMILES string of the molecule is CCn1cc(C(=O)NC2CC3CCN2CC3)c(=O)c2sccc21. The van der Waals surface area contributed by atoms with Crippen molar-refractivity contribution in [1.82, 2.24) is 14.8 Å². The molecule has 0 spiro atoms. The summed E-state index contributed by atoms with van der Waals surface area (Å²) in [6.45, 7) is 4.87. The van der Waals surface area contributed by atoms with E-state index >= 15 is 0 Å². The van der Waals surface area contributed by atoms with Crippen molar-refractivity contribution in [3.05, 3.63) is 33.4 Å². The highest BCUT2D eigenvalue weighted by Gasteiger charge is 2.34. The molecule has 2 aromatic heterocycles. The van der Waals surface area contributed by atoms with Crippen LogP contribution in [0.5, 0.6) is 0 Å². The van der Waals surface area contributed by atoms with Gasteiger partial charge >= 0.3 is 0 Å². The van der Waals surface area contributed by atoms with Gasteiger partial charge in [0.25, 0.3) is 5.91 Å². The second kappa shape index (κ2) is 5.76. The molecule has 3 aliphatic heterocycles. The van der Waals surface area contributed by atoms with Crippen LogP contribution in [0.2, 0.25) is 0 Å². The summed E-state index contributed by atoms with van der Waals surface area (Å²) >= 11 is 1.41. The van der Waals surface area contributed by atoms with Gasteiger partial charge in [-0.15, -0.1) is 11.3 Å². The number of amides is 1. The van der Waals surface area contributed by atoms with Gasteiger partial charge in [0.1, 0.15) is 5.56 Å². The third-order valence-electron chi connectivity index (χ3n) is 5.22. The van der Waals surface area contributed by atoms with Crippen LogP contribution >= 0.6 is 11.3 Å². The van der Waals surface area contributed by atoms with Crippen LogP contribution in [-0.4, -0.2) is 34.6 Å². The van der Waals surface area contributed by atoms with Gasteiger partial charge in [0.2, 0.25) is 5.43 Å². The number of piperidine rings is 3. The van der Waals surface area contributed by atoms with Gasteiger partial charge in [-0.05, 0) is 43.6 Å². The molecule has 5 heterocycles. The Kier molecular flexibility index (Phi) is 3.73. The second-order valence-electron chi connectivity index (χ2n) is 6.50. The monoisotopic (exact) mass is 331 g/mol. The Morgan fingerprint density at radius 2 is 2.17 bits per heavy atom. The maximum atomic E-state index is 12.7. The molecule has 5 nitrogen and oxygen atoms in total. The first-order valence-corrected chi connectivity index (χ1v) is 9.21. The maximum absolute atomic E-state index is 12.7. The fourth-order valence-electron chi connectivity index (χ4n) is 3.87. The molecule has 5 rings (SSSR count). The average molecular weight is 331 g/mol. The van der Waals surface area contributed by atoms with Gasteiger partial charge in [0, 0.05) is 25.8 Å². The summed E-state index contributed by atoms with van der Waals surface area (Å²) in [5.74, 6) is 0.488. The lowest BCUT2D eigenvalue weighted by Crippen LogP contribution is -2.56. The van der Waals surface area contributed by atoms with Crippen LogP contribution in [0.4, 0.5) is 0 Å². The van der Waals surface area contributed by atoms with Crippen LogP contribution in [0.3, 0.4) is 0 Å². The molecule has 6 heteroatoms. The zero-order chi connectivity index (χ0) is 16.0. The molecule has 122 valence electrons. The van der Waals surface area contributed by atoms with E-state index in [1.165, 1.54) is 24.2 Å². The number of nitrogens with one attached hydrogen (secondary N) is 1. The molecule has 0 radical (unpaired) electrons. The van der Waals surface area contributed by atoms with E-state index in [-0.39, 0.29) is 23.1 Å². The van der Waals surface area contributed by atoms with Crippen LogP contribution in [0.15, 0.2) is 22.4 Å². The molecular formula is C17H21N3O2S. The van der Waals surface area contributed by atoms with Crippen LogP contribution in [0.1, 0.15) is 36.5 Å². The summed E-state index contributed by atoms with van der Waals surface area (Å²) in [6, 6.07) is 1.94. The zero-order valence-electron chi connectivity index (χ0n) is 13.2. The van der Waals surface area contributed by atoms with E-state index in [1.54, 1.807) is 6.20 Å². The number of hydrogen-bond acceptors (Lipinski definition) is 4. The van der Waals surface area contributed by atoms with E-state index in [1.807, 2.05) is 22.9 Å². The molecular weight excluding hydrogens is 310 g/mol. The van der Waals surface area contributed by atoms with E-state index in [0.29, 0.717) is 4.70 Å². The minimum Gasteiger partial charge on any atom is -0.346 e. The van der Waals surface area contributed by atoms with Crippen LogP contribution < -0.4 is 10.7 Å². The summed E-state index contributed by atoms with van der Waals surface area (Å²) in [5, 5.41) is 5.00. The van der Waals surface area contributed by atoms with Crippen molar-refractivity contribution in [3.8, 4) is 0 Å². The predicted octanol–water partition coefficient (Wildman–Crippen LogP) is 2.25. The Balaban J connectivity index is 1.64. The molecule has 1 amide bonds. The van der Waals surface area contributed by atoms with E-state index in [0.717, 1.165) is 37.5 Å². The van der Waals surface area contributed by atoms with Crippen molar-refractivity contribution in [1.29, 1.82) is 0 Å². The maximum Gasteiger partial charge on any atom is 0.258 e. The first kappa shape index (κ1) is 14.9. The first-order valence-electron chi connectivity index (χ1n) is 8.33. The van der Waals surface area contributed by atoms with Gasteiger partial charge in [0.15, 0.2) is 0 Å². The molecule has 23 heavy (non-hydrogen) atoms. The number of aromatic nitrogens is 1. The molecule has 2 aromatic rings. The average Bonchev–Trinajstić information content (AvgIpc) is 3.06. The van der Waals surface area contributed by atoms with Crippen molar-refractivity contribution in [2.75, 3.05) is 13.1 Å². The summed E-state index contributed by atoms with van der Waals surface area (Å²) in [4.78, 5) is 27.7. The quantitative estimate of drug-likeness (QED) is 0.938. The Hall–Kier alpha value is -1.66. The van der Waals surface area contributed by atoms with Gasteiger partial charge in [-0.25, -0.2) is 0 Å². The van der Waals surface area contributed by atoms with Crippen molar-refractivity contribution < 1.29 is 4.79 Å². The number of carbonyl (C=O) groups excluding carboxylic acids is 1. The molecule has 1 unspecified atom stereocenters. The molecule has 0 aromatic carbocycles. The van der Waals surface area contributed by atoms with Crippen molar-refractivity contribution >= 4 is 27.5 Å². The number of thiophene rings is 1. The van der Waals surface area contributed by atoms with Crippen LogP contribution in [-0.2, 0) is 6.54 Å². The lowest BCUT2D eigenvalue weighted by molar-refractivity contribution is 0.0294. The highest BCUT2D eigenvalue weighted by Crippen LogP contribution is 2.30. The number of aryl methyl sites for hydroxylation is 1. The fraction of sp³-hybridized carbons (Fsp3) is 0.529. The van der Waals surface area contributed by atoms with Gasteiger partial charge in [-0.1, -0.05) is 0 Å². The van der Waals surface area contributed by atoms with Crippen LogP contribution in [0.25, 0.3) is 10.2 Å². The van der Waals surface area contributed by atoms with Gasteiger partial charge < -0.3 is 9.88 Å². The third-order valence-corrected chi connectivity index (χ3v) is 6.12. The standard InChI is InChI=1S/C17H21N3O2S/c1-2-19-10-12(15(21)16-13(19)5-8-23-16)17(22)18-14-9-11-3-6-20(14)7-4-11/h5,8,10-11,14H,2-4,6-7,9H2,1H3,(H,18,22). The summed E-state index contributed by atoms with van der Waals surface area (Å²) in [7, 11) is 0. The molecule has 2 bridgehead atoms. The molecule has 3 fully saturated rings. The largest absolute Gasteiger partial charge is 0.346 e. The summed E-state index contributed by atoms with van der Waals surface area (Å²) in [6.07, 6.45) is 5.27. The van der Waals surface area contributed by atoms with E-state index < -0.39 is 0 Å². The smallest absolute Gasteiger partial charge is 0.258 e. The third kappa shape index (κ3) is 2.50. The van der Waals surface area contributed by atoms with E-state index in [9.17, 15) is 9.59 Å².